The molecule has 140 valence electrons. The average Bonchev–Trinajstić information content (AvgIpc) is 3.41. The molecule has 1 aliphatic rings. The van der Waals surface area contributed by atoms with E-state index in [9.17, 15) is 13.9 Å². The summed E-state index contributed by atoms with van der Waals surface area (Å²) in [5.41, 5.74) is 1.89. The van der Waals surface area contributed by atoms with Gasteiger partial charge in [0.25, 0.3) is 0 Å². The second-order valence-corrected chi connectivity index (χ2v) is 7.34. The van der Waals surface area contributed by atoms with Crippen LogP contribution in [0.4, 0.5) is 8.78 Å². The maximum Gasteiger partial charge on any atom is 0.387 e. The Hall–Kier alpha value is -1.43. The van der Waals surface area contributed by atoms with E-state index in [1.54, 1.807) is 12.1 Å². The van der Waals surface area contributed by atoms with Crippen LogP contribution in [0.2, 0.25) is 10.0 Å². The van der Waals surface area contributed by atoms with Crippen molar-refractivity contribution >= 4 is 23.2 Å². The number of halogens is 4. The number of aliphatic hydroxyl groups is 1. The molecule has 1 atom stereocenters. The molecule has 3 rings (SSSR count). The Morgan fingerprint density at radius 2 is 1.88 bits per heavy atom. The highest BCUT2D eigenvalue weighted by Gasteiger charge is 2.22. The molecule has 0 spiro atoms. The van der Waals surface area contributed by atoms with E-state index in [-0.39, 0.29) is 12.2 Å². The van der Waals surface area contributed by atoms with Crippen molar-refractivity contribution in [1.29, 1.82) is 0 Å². The molecule has 1 fully saturated rings. The van der Waals surface area contributed by atoms with Crippen molar-refractivity contribution in [2.75, 3.05) is 0 Å². The molecule has 1 saturated carbocycles. The van der Waals surface area contributed by atoms with Gasteiger partial charge in [-0.25, -0.2) is 0 Å². The number of pyridine rings is 1. The predicted molar refractivity (Wildman–Crippen MR) is 97.0 cm³/mol. The second-order valence-electron chi connectivity index (χ2n) is 6.53. The van der Waals surface area contributed by atoms with E-state index in [0.29, 0.717) is 39.1 Å². The van der Waals surface area contributed by atoms with E-state index >= 15 is 0 Å². The van der Waals surface area contributed by atoms with Crippen molar-refractivity contribution in [2.45, 2.75) is 44.8 Å². The van der Waals surface area contributed by atoms with Crippen LogP contribution in [-0.4, -0.2) is 16.7 Å². The lowest BCUT2D eigenvalue weighted by atomic mass is 9.97. The van der Waals surface area contributed by atoms with E-state index in [0.717, 1.165) is 6.42 Å². The van der Waals surface area contributed by atoms with Gasteiger partial charge in [0.15, 0.2) is 0 Å². The van der Waals surface area contributed by atoms with Crippen LogP contribution in [0.25, 0.3) is 0 Å². The quantitative estimate of drug-likeness (QED) is 0.624. The predicted octanol–water partition coefficient (Wildman–Crippen LogP) is 5.61. The highest BCUT2D eigenvalue weighted by Crippen LogP contribution is 2.36. The van der Waals surface area contributed by atoms with Gasteiger partial charge in [0.05, 0.1) is 16.1 Å². The van der Waals surface area contributed by atoms with Gasteiger partial charge in [-0.3, -0.25) is 4.98 Å². The van der Waals surface area contributed by atoms with E-state index < -0.39 is 12.7 Å². The second kappa shape index (κ2) is 8.51. The molecule has 0 radical (unpaired) electrons. The number of aryl methyl sites for hydroxylation is 1. The third-order valence-electron chi connectivity index (χ3n) is 4.55. The molecule has 1 unspecified atom stereocenters. The Bertz CT molecular complexity index is 749. The summed E-state index contributed by atoms with van der Waals surface area (Å²) in [5, 5.41) is 11.3. The number of hydrogen-bond donors (Lipinski definition) is 1. The SMILES string of the molecule is OC(Cc1c(Cl)cncc1Cl)c1ccc(OC(F)F)c(CCC2CC2)c1. The first-order chi connectivity index (χ1) is 12.4. The van der Waals surface area contributed by atoms with E-state index in [2.05, 4.69) is 9.72 Å². The topological polar surface area (TPSA) is 42.4 Å². The van der Waals surface area contributed by atoms with E-state index in [1.165, 1.54) is 31.3 Å². The van der Waals surface area contributed by atoms with Gasteiger partial charge in [0.1, 0.15) is 5.75 Å². The van der Waals surface area contributed by atoms with Crippen LogP contribution in [0.15, 0.2) is 30.6 Å². The van der Waals surface area contributed by atoms with Gasteiger partial charge in [-0.05, 0) is 47.6 Å². The fourth-order valence-electron chi connectivity index (χ4n) is 2.92. The highest BCUT2D eigenvalue weighted by molar-refractivity contribution is 6.35. The minimum absolute atomic E-state index is 0.163. The largest absolute Gasteiger partial charge is 0.435 e. The van der Waals surface area contributed by atoms with Crippen LogP contribution in [-0.2, 0) is 12.8 Å². The summed E-state index contributed by atoms with van der Waals surface area (Å²) in [6.45, 7) is -2.88. The lowest BCUT2D eigenvalue weighted by Gasteiger charge is -2.17. The Balaban J connectivity index is 1.80. The lowest BCUT2D eigenvalue weighted by Crippen LogP contribution is -2.08. The van der Waals surface area contributed by atoms with Crippen LogP contribution >= 0.6 is 23.2 Å². The fourth-order valence-corrected chi connectivity index (χ4v) is 3.44. The zero-order chi connectivity index (χ0) is 18.7. The summed E-state index contributed by atoms with van der Waals surface area (Å²) >= 11 is 12.2. The number of alkyl halides is 2. The number of ether oxygens (including phenoxy) is 1. The van der Waals surface area contributed by atoms with Crippen LogP contribution in [0.1, 0.15) is 42.1 Å². The number of nitrogens with zero attached hydrogens (tertiary/aromatic N) is 1. The molecular weight excluding hydrogens is 383 g/mol. The number of hydrogen-bond acceptors (Lipinski definition) is 3. The summed E-state index contributed by atoms with van der Waals surface area (Å²) in [6, 6.07) is 4.81. The highest BCUT2D eigenvalue weighted by atomic mass is 35.5. The maximum absolute atomic E-state index is 12.6. The molecule has 26 heavy (non-hydrogen) atoms. The molecule has 2 aromatic rings. The molecular formula is C19H19Cl2F2NO2. The van der Waals surface area contributed by atoms with Crippen LogP contribution in [0.3, 0.4) is 0 Å². The standard InChI is InChI=1S/C19H19Cl2F2NO2/c20-15-9-24-10-16(21)14(15)8-17(25)12-5-6-18(26-19(22)23)13(7-12)4-3-11-1-2-11/h5-7,9-11,17,19,25H,1-4,8H2. The first kappa shape index (κ1) is 19.3. The van der Waals surface area contributed by atoms with Gasteiger partial charge >= 0.3 is 6.61 Å². The molecule has 1 heterocycles. The van der Waals surface area contributed by atoms with E-state index in [4.69, 9.17) is 23.2 Å². The third-order valence-corrected chi connectivity index (χ3v) is 5.21. The van der Waals surface area contributed by atoms with E-state index in [1.807, 2.05) is 0 Å². The zero-order valence-electron chi connectivity index (χ0n) is 14.0. The first-order valence-corrected chi connectivity index (χ1v) is 9.23. The molecule has 1 aliphatic carbocycles. The molecule has 1 aromatic carbocycles. The molecule has 3 nitrogen and oxygen atoms in total. The molecule has 1 N–H and O–H groups in total. The average molecular weight is 402 g/mol. The van der Waals surface area contributed by atoms with Crippen molar-refractivity contribution in [3.63, 3.8) is 0 Å². The Morgan fingerprint density at radius 3 is 2.50 bits per heavy atom. The molecule has 7 heteroatoms. The Labute approximate surface area is 160 Å². The summed E-state index contributed by atoms with van der Waals surface area (Å²) in [5.74, 6) is 0.828. The zero-order valence-corrected chi connectivity index (χ0v) is 15.5. The summed E-state index contributed by atoms with van der Waals surface area (Å²) < 4.78 is 29.9. The third kappa shape index (κ3) is 5.06. The molecule has 0 saturated heterocycles. The first-order valence-electron chi connectivity index (χ1n) is 8.47. The maximum atomic E-state index is 12.6. The fraction of sp³-hybridized carbons (Fsp3) is 0.421. The summed E-state index contributed by atoms with van der Waals surface area (Å²) in [4.78, 5) is 3.89. The van der Waals surface area contributed by atoms with Crippen molar-refractivity contribution in [3.05, 3.63) is 57.3 Å². The van der Waals surface area contributed by atoms with Crippen molar-refractivity contribution in [2.24, 2.45) is 5.92 Å². The molecule has 0 amide bonds. The summed E-state index contributed by atoms with van der Waals surface area (Å²) in [7, 11) is 0. The number of rotatable bonds is 8. The lowest BCUT2D eigenvalue weighted by molar-refractivity contribution is -0.0504. The van der Waals surface area contributed by atoms with Gasteiger partial charge in [-0.1, -0.05) is 42.1 Å². The van der Waals surface area contributed by atoms with Crippen LogP contribution < -0.4 is 4.74 Å². The number of benzene rings is 1. The van der Waals surface area contributed by atoms with Gasteiger partial charge in [-0.2, -0.15) is 8.78 Å². The van der Waals surface area contributed by atoms with Gasteiger partial charge in [-0.15, -0.1) is 0 Å². The summed E-state index contributed by atoms with van der Waals surface area (Å²) in [6.07, 6.45) is 6.22. The smallest absolute Gasteiger partial charge is 0.387 e. The normalized spacial score (nSPS) is 15.3. The van der Waals surface area contributed by atoms with Crippen LogP contribution in [0, 0.1) is 5.92 Å². The molecule has 0 aliphatic heterocycles. The van der Waals surface area contributed by atoms with Crippen molar-refractivity contribution in [3.8, 4) is 5.75 Å². The number of aromatic nitrogens is 1. The molecule has 1 aromatic heterocycles. The minimum Gasteiger partial charge on any atom is -0.435 e. The van der Waals surface area contributed by atoms with Gasteiger partial charge in [0, 0.05) is 18.8 Å². The Morgan fingerprint density at radius 1 is 1.19 bits per heavy atom. The molecule has 0 bridgehead atoms. The minimum atomic E-state index is -2.88. The Kier molecular flexibility index (Phi) is 6.33. The monoisotopic (exact) mass is 401 g/mol. The van der Waals surface area contributed by atoms with Crippen molar-refractivity contribution < 1.29 is 18.6 Å². The van der Waals surface area contributed by atoms with Crippen molar-refractivity contribution in [1.82, 2.24) is 4.98 Å². The number of aliphatic hydroxyl groups excluding tert-OH is 1. The van der Waals surface area contributed by atoms with Crippen LogP contribution in [0.5, 0.6) is 5.75 Å². The van der Waals surface area contributed by atoms with Gasteiger partial charge in [0.2, 0.25) is 0 Å². The van der Waals surface area contributed by atoms with Gasteiger partial charge < -0.3 is 9.84 Å².